The number of aromatic amines is 1. The van der Waals surface area contributed by atoms with Crippen LogP contribution in [0.25, 0.3) is 0 Å². The summed E-state index contributed by atoms with van der Waals surface area (Å²) in [4.78, 5) is 50.4. The smallest absolute Gasteiger partial charge is 0.328 e. The molecule has 150 valence electrons. The number of aromatic nitrogens is 2. The molecule has 0 unspecified atom stereocenters. The molecule has 28 heavy (non-hydrogen) atoms. The van der Waals surface area contributed by atoms with Crippen LogP contribution in [0.5, 0.6) is 0 Å². The van der Waals surface area contributed by atoms with Gasteiger partial charge in [-0.15, -0.1) is 0 Å². The van der Waals surface area contributed by atoms with Gasteiger partial charge in [0, 0.05) is 18.8 Å². The number of carbonyl (C=O) groups excluding carboxylic acids is 2. The van der Waals surface area contributed by atoms with Gasteiger partial charge in [0.25, 0.3) is 5.56 Å². The summed E-state index contributed by atoms with van der Waals surface area (Å²) in [5, 5.41) is 2.07. The molecule has 11 heteroatoms. The van der Waals surface area contributed by atoms with E-state index in [1.807, 2.05) is 4.98 Å². The molecule has 0 aliphatic carbocycles. The molecule has 1 aromatic carbocycles. The van der Waals surface area contributed by atoms with Crippen LogP contribution in [0.4, 0.5) is 18.9 Å². The number of amides is 2. The van der Waals surface area contributed by atoms with Crippen molar-refractivity contribution < 1.29 is 22.8 Å². The molecular weight excluding hydrogens is 381 g/mol. The summed E-state index contributed by atoms with van der Waals surface area (Å²) in [6, 6.07) is 2.58. The van der Waals surface area contributed by atoms with Crippen LogP contribution in [-0.2, 0) is 16.1 Å². The van der Waals surface area contributed by atoms with Crippen molar-refractivity contribution in [3.05, 3.63) is 62.7 Å². The van der Waals surface area contributed by atoms with Gasteiger partial charge in [0.2, 0.25) is 11.8 Å². The predicted octanol–water partition coefficient (Wildman–Crippen LogP) is 0.831. The summed E-state index contributed by atoms with van der Waals surface area (Å²) in [7, 11) is 0. The van der Waals surface area contributed by atoms with Crippen LogP contribution in [0.1, 0.15) is 13.3 Å². The van der Waals surface area contributed by atoms with E-state index in [2.05, 4.69) is 5.32 Å². The molecule has 0 fully saturated rings. The van der Waals surface area contributed by atoms with Crippen LogP contribution in [0.3, 0.4) is 0 Å². The van der Waals surface area contributed by atoms with E-state index in [0.29, 0.717) is 12.5 Å². The Morgan fingerprint density at radius 2 is 1.86 bits per heavy atom. The topological polar surface area (TPSA) is 104 Å². The highest BCUT2D eigenvalue weighted by Gasteiger charge is 2.20. The van der Waals surface area contributed by atoms with E-state index in [4.69, 9.17) is 0 Å². The average Bonchev–Trinajstić information content (AvgIpc) is 2.64. The van der Waals surface area contributed by atoms with Crippen LogP contribution >= 0.6 is 0 Å². The van der Waals surface area contributed by atoms with Gasteiger partial charge in [-0.1, -0.05) is 6.92 Å². The summed E-state index contributed by atoms with van der Waals surface area (Å²) in [5.41, 5.74) is -1.97. The number of benzene rings is 1. The first-order valence-electron chi connectivity index (χ1n) is 8.23. The second kappa shape index (κ2) is 9.02. The highest BCUT2D eigenvalue weighted by Crippen LogP contribution is 2.19. The zero-order valence-corrected chi connectivity index (χ0v) is 14.8. The van der Waals surface area contributed by atoms with Gasteiger partial charge in [-0.2, -0.15) is 0 Å². The molecule has 0 aliphatic heterocycles. The number of halogens is 3. The third-order valence-electron chi connectivity index (χ3n) is 3.69. The molecule has 2 rings (SSSR count). The van der Waals surface area contributed by atoms with Crippen molar-refractivity contribution in [2.75, 3.05) is 18.4 Å². The SMILES string of the molecule is CCCN(CC(=O)Nc1ccc(F)c(F)c1F)C(=O)Cn1ccc(=O)[nH]c1=O. The molecule has 0 atom stereocenters. The molecule has 0 radical (unpaired) electrons. The van der Waals surface area contributed by atoms with Crippen molar-refractivity contribution in [3.63, 3.8) is 0 Å². The Morgan fingerprint density at radius 3 is 2.50 bits per heavy atom. The molecule has 8 nitrogen and oxygen atoms in total. The summed E-state index contributed by atoms with van der Waals surface area (Å²) >= 11 is 0. The van der Waals surface area contributed by atoms with Gasteiger partial charge in [0.1, 0.15) is 6.54 Å². The molecule has 1 aromatic heterocycles. The highest BCUT2D eigenvalue weighted by molar-refractivity contribution is 5.94. The Balaban J connectivity index is 2.10. The summed E-state index contributed by atoms with van der Waals surface area (Å²) in [6.45, 7) is 0.982. The van der Waals surface area contributed by atoms with E-state index < -0.39 is 59.3 Å². The lowest BCUT2D eigenvalue weighted by atomic mass is 10.2. The van der Waals surface area contributed by atoms with Crippen molar-refractivity contribution >= 4 is 17.5 Å². The third-order valence-corrected chi connectivity index (χ3v) is 3.69. The van der Waals surface area contributed by atoms with Crippen LogP contribution < -0.4 is 16.6 Å². The molecule has 2 N–H and O–H groups in total. The maximum atomic E-state index is 13.7. The molecular formula is C17H17F3N4O4. The largest absolute Gasteiger partial charge is 0.332 e. The summed E-state index contributed by atoms with van der Waals surface area (Å²) in [5.74, 6) is -6.11. The molecule has 0 bridgehead atoms. The Labute approximate surface area is 156 Å². The second-order valence-electron chi connectivity index (χ2n) is 5.82. The number of nitrogens with one attached hydrogen (secondary N) is 2. The fourth-order valence-corrected chi connectivity index (χ4v) is 2.36. The maximum absolute atomic E-state index is 13.7. The number of anilines is 1. The molecule has 0 saturated heterocycles. The minimum atomic E-state index is -1.73. The fourth-order valence-electron chi connectivity index (χ4n) is 2.36. The van der Waals surface area contributed by atoms with Gasteiger partial charge in [-0.3, -0.25) is 23.9 Å². The lowest BCUT2D eigenvalue weighted by Crippen LogP contribution is -2.42. The quantitative estimate of drug-likeness (QED) is 0.674. The Hall–Kier alpha value is -3.37. The zero-order chi connectivity index (χ0) is 20.8. The molecule has 0 saturated carbocycles. The van der Waals surface area contributed by atoms with Gasteiger partial charge in [-0.25, -0.2) is 18.0 Å². The minimum absolute atomic E-state index is 0.157. The van der Waals surface area contributed by atoms with Gasteiger partial charge >= 0.3 is 5.69 Å². The van der Waals surface area contributed by atoms with E-state index in [1.165, 1.54) is 0 Å². The summed E-state index contributed by atoms with van der Waals surface area (Å²) < 4.78 is 40.8. The average molecular weight is 398 g/mol. The Bertz CT molecular complexity index is 1000. The maximum Gasteiger partial charge on any atom is 0.328 e. The molecule has 1 heterocycles. The van der Waals surface area contributed by atoms with Crippen LogP contribution in [0.15, 0.2) is 34.0 Å². The van der Waals surface area contributed by atoms with E-state index in [0.717, 1.165) is 27.8 Å². The van der Waals surface area contributed by atoms with Crippen LogP contribution in [0, 0.1) is 17.5 Å². The van der Waals surface area contributed by atoms with E-state index in [-0.39, 0.29) is 6.54 Å². The van der Waals surface area contributed by atoms with Crippen molar-refractivity contribution in [3.8, 4) is 0 Å². The first-order valence-corrected chi connectivity index (χ1v) is 8.23. The highest BCUT2D eigenvalue weighted by atomic mass is 19.2. The van der Waals surface area contributed by atoms with Crippen LogP contribution in [0.2, 0.25) is 0 Å². The predicted molar refractivity (Wildman–Crippen MR) is 93.1 cm³/mol. The van der Waals surface area contributed by atoms with Gasteiger partial charge in [-0.05, 0) is 18.6 Å². The lowest BCUT2D eigenvalue weighted by Gasteiger charge is -2.22. The third kappa shape index (κ3) is 5.09. The van der Waals surface area contributed by atoms with Crippen molar-refractivity contribution in [2.24, 2.45) is 0 Å². The molecule has 2 aromatic rings. The van der Waals surface area contributed by atoms with Gasteiger partial charge in [0.15, 0.2) is 17.5 Å². The Morgan fingerprint density at radius 1 is 1.14 bits per heavy atom. The molecule has 2 amide bonds. The van der Waals surface area contributed by atoms with E-state index >= 15 is 0 Å². The number of hydrogen-bond acceptors (Lipinski definition) is 4. The number of rotatable bonds is 7. The van der Waals surface area contributed by atoms with Crippen LogP contribution in [-0.4, -0.2) is 39.4 Å². The first kappa shape index (κ1) is 20.9. The monoisotopic (exact) mass is 398 g/mol. The van der Waals surface area contributed by atoms with Gasteiger partial charge < -0.3 is 10.2 Å². The standard InChI is InChI=1S/C17H17F3N4O4/c1-2-6-23(14(27)9-24-7-5-12(25)22-17(24)28)8-13(26)21-11-4-3-10(18)15(19)16(11)20/h3-5,7H,2,6,8-9H2,1H3,(H,21,26)(H,22,25,28). The number of carbonyl (C=O) groups is 2. The summed E-state index contributed by atoms with van der Waals surface area (Å²) in [6.07, 6.45) is 1.62. The molecule has 0 spiro atoms. The number of nitrogens with zero attached hydrogens (tertiary/aromatic N) is 2. The van der Waals surface area contributed by atoms with Crippen molar-refractivity contribution in [1.29, 1.82) is 0 Å². The van der Waals surface area contributed by atoms with Gasteiger partial charge in [0.05, 0.1) is 12.2 Å². The lowest BCUT2D eigenvalue weighted by molar-refractivity contribution is -0.135. The zero-order valence-electron chi connectivity index (χ0n) is 14.8. The first-order chi connectivity index (χ1) is 13.2. The minimum Gasteiger partial charge on any atom is -0.332 e. The number of H-pyrrole nitrogens is 1. The normalized spacial score (nSPS) is 10.6. The van der Waals surface area contributed by atoms with Crippen molar-refractivity contribution in [1.82, 2.24) is 14.5 Å². The second-order valence-corrected chi connectivity index (χ2v) is 5.82. The Kier molecular flexibility index (Phi) is 6.74. The van der Waals surface area contributed by atoms with E-state index in [1.54, 1.807) is 6.92 Å². The molecule has 0 aliphatic rings. The fraction of sp³-hybridized carbons (Fsp3) is 0.294. The number of hydrogen-bond donors (Lipinski definition) is 2. The van der Waals surface area contributed by atoms with Crippen molar-refractivity contribution in [2.45, 2.75) is 19.9 Å². The van der Waals surface area contributed by atoms with E-state index in [9.17, 15) is 32.3 Å².